The third-order valence-corrected chi connectivity index (χ3v) is 3.03. The maximum atomic E-state index is 11.5. The van der Waals surface area contributed by atoms with E-state index < -0.39 is 5.91 Å². The van der Waals surface area contributed by atoms with Gasteiger partial charge in [-0.2, -0.15) is 0 Å². The zero-order chi connectivity index (χ0) is 14.7. The molecule has 0 heterocycles. The number of rotatable bonds is 4. The van der Waals surface area contributed by atoms with Gasteiger partial charge in [-0.1, -0.05) is 12.1 Å². The minimum atomic E-state index is -0.549. The molecule has 0 aliphatic carbocycles. The third-order valence-electron chi connectivity index (χ3n) is 3.03. The van der Waals surface area contributed by atoms with Crippen LogP contribution < -0.4 is 10.5 Å². The quantitative estimate of drug-likeness (QED) is 0.866. The van der Waals surface area contributed by atoms with Gasteiger partial charge in [0.15, 0.2) is 5.78 Å². The summed E-state index contributed by atoms with van der Waals surface area (Å²) in [6, 6.07) is 12.8. The Hall–Kier alpha value is -2.62. The number of primary amides is 1. The Labute approximate surface area is 117 Å². The van der Waals surface area contributed by atoms with Crippen LogP contribution in [0.15, 0.2) is 36.4 Å². The molecular formula is C16H14NO3. The van der Waals surface area contributed by atoms with Crippen LogP contribution in [0.5, 0.6) is 5.75 Å². The van der Waals surface area contributed by atoms with Gasteiger partial charge in [-0.25, -0.2) is 0 Å². The number of amides is 1. The average Bonchev–Trinajstić information content (AvgIpc) is 2.46. The lowest BCUT2D eigenvalue weighted by Gasteiger charge is -2.12. The van der Waals surface area contributed by atoms with Gasteiger partial charge >= 0.3 is 0 Å². The molecule has 0 aliphatic heterocycles. The van der Waals surface area contributed by atoms with Crippen LogP contribution in [0.25, 0.3) is 11.1 Å². The highest BCUT2D eigenvalue weighted by Gasteiger charge is 2.15. The van der Waals surface area contributed by atoms with Gasteiger partial charge in [0.1, 0.15) is 5.75 Å². The molecule has 0 aromatic heterocycles. The summed E-state index contributed by atoms with van der Waals surface area (Å²) in [6.07, 6.45) is 0. The number of ether oxygens (including phenoxy) is 1. The lowest BCUT2D eigenvalue weighted by atomic mass is 9.96. The summed E-state index contributed by atoms with van der Waals surface area (Å²) in [7, 11) is 1.53. The average molecular weight is 268 g/mol. The maximum Gasteiger partial charge on any atom is 0.249 e. The number of methoxy groups -OCH3 is 1. The van der Waals surface area contributed by atoms with Crippen LogP contribution >= 0.6 is 0 Å². The molecular weight excluding hydrogens is 254 g/mol. The SMILES string of the molecule is COc1ccc(C(C)=O)cc1-c1cc[c]cc1C(N)=O. The van der Waals surface area contributed by atoms with Crippen LogP contribution in [0.2, 0.25) is 0 Å². The molecule has 2 aromatic rings. The Morgan fingerprint density at radius 2 is 1.95 bits per heavy atom. The normalized spacial score (nSPS) is 10.1. The molecule has 4 nitrogen and oxygen atoms in total. The van der Waals surface area contributed by atoms with Crippen molar-refractivity contribution >= 4 is 11.7 Å². The van der Waals surface area contributed by atoms with Gasteiger partial charge in [0.25, 0.3) is 0 Å². The zero-order valence-corrected chi connectivity index (χ0v) is 11.3. The standard InChI is InChI=1S/C16H14NO3/c1-10(18)11-7-8-15(20-2)14(9-11)12-5-3-4-6-13(12)16(17)19/h3,5-9H,1-2H3,(H2,17,19). The molecule has 2 aromatic carbocycles. The van der Waals surface area contributed by atoms with E-state index >= 15 is 0 Å². The third kappa shape index (κ3) is 2.54. The van der Waals surface area contributed by atoms with Gasteiger partial charge in [-0.05, 0) is 42.8 Å². The topological polar surface area (TPSA) is 69.4 Å². The summed E-state index contributed by atoms with van der Waals surface area (Å²) >= 11 is 0. The molecule has 1 radical (unpaired) electrons. The van der Waals surface area contributed by atoms with Gasteiger partial charge in [-0.15, -0.1) is 0 Å². The molecule has 1 amide bonds. The van der Waals surface area contributed by atoms with E-state index in [2.05, 4.69) is 6.07 Å². The van der Waals surface area contributed by atoms with Gasteiger partial charge in [0.05, 0.1) is 7.11 Å². The molecule has 0 aliphatic rings. The van der Waals surface area contributed by atoms with Crippen molar-refractivity contribution in [3.63, 3.8) is 0 Å². The highest BCUT2D eigenvalue weighted by molar-refractivity contribution is 6.02. The van der Waals surface area contributed by atoms with E-state index in [0.717, 1.165) is 0 Å². The first-order chi connectivity index (χ1) is 9.54. The van der Waals surface area contributed by atoms with Crippen molar-refractivity contribution in [3.05, 3.63) is 53.6 Å². The van der Waals surface area contributed by atoms with Crippen molar-refractivity contribution < 1.29 is 14.3 Å². The molecule has 0 spiro atoms. The molecule has 0 atom stereocenters. The highest BCUT2D eigenvalue weighted by Crippen LogP contribution is 2.33. The molecule has 0 unspecified atom stereocenters. The van der Waals surface area contributed by atoms with E-state index in [-0.39, 0.29) is 5.78 Å². The second kappa shape index (κ2) is 5.57. The van der Waals surface area contributed by atoms with Crippen LogP contribution in [-0.4, -0.2) is 18.8 Å². The summed E-state index contributed by atoms with van der Waals surface area (Å²) < 4.78 is 5.30. The molecule has 2 N–H and O–H groups in total. The van der Waals surface area contributed by atoms with E-state index in [1.165, 1.54) is 20.1 Å². The van der Waals surface area contributed by atoms with Gasteiger partial charge in [0, 0.05) is 16.7 Å². The lowest BCUT2D eigenvalue weighted by Crippen LogP contribution is -2.12. The van der Waals surface area contributed by atoms with E-state index in [1.807, 2.05) is 0 Å². The van der Waals surface area contributed by atoms with Crippen molar-refractivity contribution in [2.45, 2.75) is 6.92 Å². The lowest BCUT2D eigenvalue weighted by molar-refractivity contribution is 0.0997. The van der Waals surface area contributed by atoms with Crippen LogP contribution in [-0.2, 0) is 0 Å². The smallest absolute Gasteiger partial charge is 0.249 e. The molecule has 0 saturated carbocycles. The minimum absolute atomic E-state index is 0.0583. The number of hydrogen-bond donors (Lipinski definition) is 1. The Kier molecular flexibility index (Phi) is 3.84. The number of nitrogens with two attached hydrogens (primary N) is 1. The van der Waals surface area contributed by atoms with Crippen LogP contribution in [0.1, 0.15) is 27.6 Å². The predicted molar refractivity (Wildman–Crippen MR) is 75.8 cm³/mol. The zero-order valence-electron chi connectivity index (χ0n) is 11.3. The Balaban J connectivity index is 2.70. The molecule has 101 valence electrons. The van der Waals surface area contributed by atoms with Crippen molar-refractivity contribution in [1.82, 2.24) is 0 Å². The van der Waals surface area contributed by atoms with Crippen molar-refractivity contribution in [2.24, 2.45) is 5.73 Å². The van der Waals surface area contributed by atoms with Gasteiger partial charge in [0.2, 0.25) is 5.91 Å². The first-order valence-electron chi connectivity index (χ1n) is 6.04. The number of hydrogen-bond acceptors (Lipinski definition) is 3. The molecule has 0 fully saturated rings. The van der Waals surface area contributed by atoms with E-state index in [4.69, 9.17) is 10.5 Å². The number of carbonyl (C=O) groups is 2. The predicted octanol–water partition coefficient (Wildman–Crippen LogP) is 2.46. The largest absolute Gasteiger partial charge is 0.496 e. The molecule has 20 heavy (non-hydrogen) atoms. The Morgan fingerprint density at radius 3 is 2.55 bits per heavy atom. The van der Waals surface area contributed by atoms with Crippen molar-refractivity contribution in [2.75, 3.05) is 7.11 Å². The number of benzene rings is 2. The summed E-state index contributed by atoms with van der Waals surface area (Å²) in [5.41, 5.74) is 7.54. The summed E-state index contributed by atoms with van der Waals surface area (Å²) in [5, 5.41) is 0. The highest BCUT2D eigenvalue weighted by atomic mass is 16.5. The fourth-order valence-corrected chi connectivity index (χ4v) is 2.01. The second-order valence-corrected chi connectivity index (χ2v) is 4.31. The van der Waals surface area contributed by atoms with Gasteiger partial charge in [-0.3, -0.25) is 9.59 Å². The molecule has 4 heteroatoms. The van der Waals surface area contributed by atoms with Crippen LogP contribution in [0.3, 0.4) is 0 Å². The number of Topliss-reactive ketones (excluding diaryl/α,β-unsaturated/α-hetero) is 1. The fourth-order valence-electron chi connectivity index (χ4n) is 2.01. The summed E-state index contributed by atoms with van der Waals surface area (Å²) in [6.45, 7) is 1.49. The van der Waals surface area contributed by atoms with Crippen LogP contribution in [0, 0.1) is 6.07 Å². The summed E-state index contributed by atoms with van der Waals surface area (Å²) in [5.74, 6) is -0.0344. The number of carbonyl (C=O) groups excluding carboxylic acids is 2. The van der Waals surface area contributed by atoms with Gasteiger partial charge < -0.3 is 10.5 Å². The summed E-state index contributed by atoms with van der Waals surface area (Å²) in [4.78, 5) is 23.0. The second-order valence-electron chi connectivity index (χ2n) is 4.31. The monoisotopic (exact) mass is 268 g/mol. The first kappa shape index (κ1) is 13.8. The maximum absolute atomic E-state index is 11.5. The van der Waals surface area contributed by atoms with E-state index in [0.29, 0.717) is 28.0 Å². The van der Waals surface area contributed by atoms with Crippen LogP contribution in [0.4, 0.5) is 0 Å². The first-order valence-corrected chi connectivity index (χ1v) is 6.04. The van der Waals surface area contributed by atoms with E-state index in [1.54, 1.807) is 30.3 Å². The molecule has 0 saturated heterocycles. The van der Waals surface area contributed by atoms with E-state index in [9.17, 15) is 9.59 Å². The molecule has 0 bridgehead atoms. The fraction of sp³-hybridized carbons (Fsp3) is 0.125. The molecule has 2 rings (SSSR count). The van der Waals surface area contributed by atoms with Crippen molar-refractivity contribution in [1.29, 1.82) is 0 Å². The Bertz CT molecular complexity index is 677. The Morgan fingerprint density at radius 1 is 1.20 bits per heavy atom. The van der Waals surface area contributed by atoms with Crippen molar-refractivity contribution in [3.8, 4) is 16.9 Å². The minimum Gasteiger partial charge on any atom is -0.496 e. The number of ketones is 1.